The molecule has 0 radical (unpaired) electrons. The second-order valence-corrected chi connectivity index (χ2v) is 5.31. The van der Waals surface area contributed by atoms with Gasteiger partial charge in [0.2, 0.25) is 0 Å². The van der Waals surface area contributed by atoms with Crippen LogP contribution in [0.3, 0.4) is 0 Å². The average Bonchev–Trinajstić information content (AvgIpc) is 2.89. The SMILES string of the molecule is COc1cc(C)cc(C)c1C(N)c1cnn2ccccc12. The van der Waals surface area contributed by atoms with E-state index in [1.54, 1.807) is 7.11 Å². The largest absolute Gasteiger partial charge is 0.496 e. The number of nitrogens with zero attached hydrogens (tertiary/aromatic N) is 2. The number of ether oxygens (including phenoxy) is 1. The summed E-state index contributed by atoms with van der Waals surface area (Å²) in [6.07, 6.45) is 3.75. The maximum atomic E-state index is 6.52. The Bertz CT molecular complexity index is 792. The van der Waals surface area contributed by atoms with Crippen molar-refractivity contribution in [2.45, 2.75) is 19.9 Å². The van der Waals surface area contributed by atoms with E-state index in [2.05, 4.69) is 25.0 Å². The molecule has 4 nitrogen and oxygen atoms in total. The number of aryl methyl sites for hydroxylation is 2. The first-order chi connectivity index (χ1) is 10.1. The monoisotopic (exact) mass is 281 g/mol. The highest BCUT2D eigenvalue weighted by molar-refractivity contribution is 5.59. The molecular weight excluding hydrogens is 262 g/mol. The average molecular weight is 281 g/mol. The van der Waals surface area contributed by atoms with Gasteiger partial charge in [0.15, 0.2) is 0 Å². The summed E-state index contributed by atoms with van der Waals surface area (Å²) in [7, 11) is 1.68. The molecule has 0 aliphatic rings. The second-order valence-electron chi connectivity index (χ2n) is 5.31. The van der Waals surface area contributed by atoms with Crippen LogP contribution in [0.1, 0.15) is 28.3 Å². The lowest BCUT2D eigenvalue weighted by Crippen LogP contribution is -2.14. The van der Waals surface area contributed by atoms with Gasteiger partial charge in [-0.1, -0.05) is 12.1 Å². The molecule has 21 heavy (non-hydrogen) atoms. The lowest BCUT2D eigenvalue weighted by molar-refractivity contribution is 0.407. The van der Waals surface area contributed by atoms with E-state index in [0.29, 0.717) is 0 Å². The Hall–Kier alpha value is -2.33. The van der Waals surface area contributed by atoms with Crippen molar-refractivity contribution in [2.75, 3.05) is 7.11 Å². The van der Waals surface area contributed by atoms with E-state index < -0.39 is 0 Å². The zero-order valence-corrected chi connectivity index (χ0v) is 12.5. The molecule has 1 unspecified atom stereocenters. The number of hydrogen-bond acceptors (Lipinski definition) is 3. The van der Waals surface area contributed by atoms with Crippen LogP contribution in [0.15, 0.2) is 42.7 Å². The van der Waals surface area contributed by atoms with Gasteiger partial charge in [-0.3, -0.25) is 0 Å². The standard InChI is InChI=1S/C17H19N3O/c1-11-8-12(2)16(15(9-11)21-3)17(18)13-10-19-20-7-5-4-6-14(13)20/h4-10,17H,18H2,1-3H3. The zero-order valence-electron chi connectivity index (χ0n) is 12.5. The quantitative estimate of drug-likeness (QED) is 0.803. The number of aromatic nitrogens is 2. The molecule has 2 N–H and O–H groups in total. The molecule has 2 heterocycles. The topological polar surface area (TPSA) is 52.5 Å². The van der Waals surface area contributed by atoms with E-state index >= 15 is 0 Å². The first kappa shape index (κ1) is 13.6. The van der Waals surface area contributed by atoms with E-state index in [4.69, 9.17) is 10.5 Å². The summed E-state index contributed by atoms with van der Waals surface area (Å²) in [5.41, 5.74) is 11.9. The van der Waals surface area contributed by atoms with Crippen LogP contribution < -0.4 is 10.5 Å². The van der Waals surface area contributed by atoms with E-state index in [1.165, 1.54) is 5.56 Å². The Kier molecular flexibility index (Phi) is 3.39. The maximum absolute atomic E-state index is 6.52. The predicted molar refractivity (Wildman–Crippen MR) is 83.7 cm³/mol. The molecule has 0 fully saturated rings. The third-order valence-corrected chi connectivity index (χ3v) is 3.82. The zero-order chi connectivity index (χ0) is 15.0. The summed E-state index contributed by atoms with van der Waals surface area (Å²) in [5, 5.41) is 4.36. The smallest absolute Gasteiger partial charge is 0.124 e. The highest BCUT2D eigenvalue weighted by Crippen LogP contribution is 2.33. The lowest BCUT2D eigenvalue weighted by atomic mass is 9.94. The molecule has 2 aromatic heterocycles. The van der Waals surface area contributed by atoms with E-state index in [1.807, 2.05) is 41.2 Å². The van der Waals surface area contributed by atoms with Gasteiger partial charge in [-0.25, -0.2) is 4.52 Å². The van der Waals surface area contributed by atoms with Crippen LogP contribution in [0.2, 0.25) is 0 Å². The van der Waals surface area contributed by atoms with Crippen molar-refractivity contribution >= 4 is 5.52 Å². The molecule has 0 spiro atoms. The first-order valence-electron chi connectivity index (χ1n) is 6.95. The molecule has 0 saturated heterocycles. The molecule has 1 atom stereocenters. The minimum absolute atomic E-state index is 0.263. The van der Waals surface area contributed by atoms with Crippen molar-refractivity contribution < 1.29 is 4.74 Å². The van der Waals surface area contributed by atoms with Gasteiger partial charge in [0, 0.05) is 17.3 Å². The fourth-order valence-electron chi connectivity index (χ4n) is 2.86. The van der Waals surface area contributed by atoms with Gasteiger partial charge in [0.1, 0.15) is 5.75 Å². The Labute approximate surface area is 124 Å². The molecular formula is C17H19N3O. The van der Waals surface area contributed by atoms with Crippen LogP contribution in [-0.4, -0.2) is 16.7 Å². The molecule has 0 amide bonds. The molecule has 0 aliphatic heterocycles. The van der Waals surface area contributed by atoms with Gasteiger partial charge in [0.05, 0.1) is 24.9 Å². The lowest BCUT2D eigenvalue weighted by Gasteiger charge is -2.18. The van der Waals surface area contributed by atoms with Crippen LogP contribution >= 0.6 is 0 Å². The van der Waals surface area contributed by atoms with Gasteiger partial charge in [-0.2, -0.15) is 5.10 Å². The molecule has 0 saturated carbocycles. The van der Waals surface area contributed by atoms with Crippen LogP contribution in [0.25, 0.3) is 5.52 Å². The first-order valence-corrected chi connectivity index (χ1v) is 6.95. The van der Waals surface area contributed by atoms with Gasteiger partial charge in [0.25, 0.3) is 0 Å². The van der Waals surface area contributed by atoms with Crippen molar-refractivity contribution in [3.63, 3.8) is 0 Å². The summed E-state index contributed by atoms with van der Waals surface area (Å²) >= 11 is 0. The Balaban J connectivity index is 2.16. The van der Waals surface area contributed by atoms with Crippen LogP contribution in [0.5, 0.6) is 5.75 Å². The second kappa shape index (κ2) is 5.22. The van der Waals surface area contributed by atoms with E-state index in [-0.39, 0.29) is 6.04 Å². The van der Waals surface area contributed by atoms with Gasteiger partial charge in [-0.05, 0) is 43.2 Å². The third-order valence-electron chi connectivity index (χ3n) is 3.82. The molecule has 0 bridgehead atoms. The van der Waals surface area contributed by atoms with Gasteiger partial charge < -0.3 is 10.5 Å². The highest BCUT2D eigenvalue weighted by atomic mass is 16.5. The number of methoxy groups -OCH3 is 1. The number of nitrogens with two attached hydrogens (primary N) is 1. The van der Waals surface area contributed by atoms with Crippen molar-refractivity contribution in [1.82, 2.24) is 9.61 Å². The number of hydrogen-bond donors (Lipinski definition) is 1. The van der Waals surface area contributed by atoms with E-state index in [0.717, 1.165) is 28.0 Å². The predicted octanol–water partition coefficient (Wildman–Crippen LogP) is 3.01. The molecule has 108 valence electrons. The summed E-state index contributed by atoms with van der Waals surface area (Å²) in [6.45, 7) is 4.12. The fourth-order valence-corrected chi connectivity index (χ4v) is 2.86. The van der Waals surface area contributed by atoms with Crippen molar-refractivity contribution in [1.29, 1.82) is 0 Å². The van der Waals surface area contributed by atoms with Crippen molar-refractivity contribution in [3.05, 3.63) is 65.0 Å². The third kappa shape index (κ3) is 2.28. The van der Waals surface area contributed by atoms with Gasteiger partial charge >= 0.3 is 0 Å². The maximum Gasteiger partial charge on any atom is 0.124 e. The van der Waals surface area contributed by atoms with Crippen molar-refractivity contribution in [2.24, 2.45) is 5.73 Å². The Morgan fingerprint density at radius 2 is 2.05 bits per heavy atom. The number of benzene rings is 1. The summed E-state index contributed by atoms with van der Waals surface area (Å²) in [5.74, 6) is 0.829. The fraction of sp³-hybridized carbons (Fsp3) is 0.235. The van der Waals surface area contributed by atoms with Crippen LogP contribution in [0, 0.1) is 13.8 Å². The summed E-state index contributed by atoms with van der Waals surface area (Å²) < 4.78 is 7.37. The van der Waals surface area contributed by atoms with Crippen molar-refractivity contribution in [3.8, 4) is 5.75 Å². The molecule has 3 rings (SSSR count). The summed E-state index contributed by atoms with van der Waals surface area (Å²) in [6, 6.07) is 9.86. The van der Waals surface area contributed by atoms with Crippen LogP contribution in [0.4, 0.5) is 0 Å². The summed E-state index contributed by atoms with van der Waals surface area (Å²) in [4.78, 5) is 0. The molecule has 0 aliphatic carbocycles. The molecule has 3 aromatic rings. The van der Waals surface area contributed by atoms with Crippen LogP contribution in [-0.2, 0) is 0 Å². The minimum Gasteiger partial charge on any atom is -0.496 e. The highest BCUT2D eigenvalue weighted by Gasteiger charge is 2.20. The number of rotatable bonds is 3. The normalized spacial score (nSPS) is 12.6. The minimum atomic E-state index is -0.263. The molecule has 1 aromatic carbocycles. The number of fused-ring (bicyclic) bond motifs is 1. The molecule has 4 heteroatoms. The Morgan fingerprint density at radius 3 is 2.81 bits per heavy atom. The van der Waals surface area contributed by atoms with E-state index in [9.17, 15) is 0 Å². The number of pyridine rings is 1. The van der Waals surface area contributed by atoms with Gasteiger partial charge in [-0.15, -0.1) is 0 Å². The Morgan fingerprint density at radius 1 is 1.24 bits per heavy atom.